The number of nitrogens with one attached hydrogen (secondary N) is 1. The molecule has 0 spiro atoms. The fraction of sp³-hybridized carbons (Fsp3) is 0.348. The molecule has 1 fully saturated rings. The number of halogens is 1. The third-order valence-corrected chi connectivity index (χ3v) is 5.44. The van der Waals surface area contributed by atoms with Crippen LogP contribution in [0.5, 0.6) is 0 Å². The van der Waals surface area contributed by atoms with Gasteiger partial charge >= 0.3 is 11.9 Å². The van der Waals surface area contributed by atoms with Crippen molar-refractivity contribution in [2.45, 2.75) is 37.6 Å². The maximum Gasteiger partial charge on any atom is 0.337 e. The summed E-state index contributed by atoms with van der Waals surface area (Å²) in [6.07, 6.45) is 2.98. The van der Waals surface area contributed by atoms with Gasteiger partial charge in [-0.3, -0.25) is 9.59 Å². The Morgan fingerprint density at radius 1 is 1.00 bits per heavy atom. The first kappa shape index (κ1) is 21.5. The normalized spacial score (nSPS) is 14.7. The van der Waals surface area contributed by atoms with Gasteiger partial charge in [-0.15, -0.1) is 0 Å². The van der Waals surface area contributed by atoms with Crippen molar-refractivity contribution < 1.29 is 28.2 Å². The van der Waals surface area contributed by atoms with Crippen LogP contribution >= 0.6 is 0 Å². The molecule has 6 nitrogen and oxygen atoms in total. The van der Waals surface area contributed by atoms with Crippen LogP contribution in [-0.4, -0.2) is 31.6 Å². The second-order valence-electron chi connectivity index (χ2n) is 7.34. The molecule has 0 bridgehead atoms. The number of carbonyl (C=O) groups excluding carboxylic acids is 3. The number of rotatable bonds is 7. The zero-order valence-corrected chi connectivity index (χ0v) is 16.8. The summed E-state index contributed by atoms with van der Waals surface area (Å²) in [5, 5.41) is 2.69. The molecule has 0 heterocycles. The van der Waals surface area contributed by atoms with Gasteiger partial charge in [0, 0.05) is 6.54 Å². The molecule has 30 heavy (non-hydrogen) atoms. The van der Waals surface area contributed by atoms with Crippen LogP contribution in [0.4, 0.5) is 4.39 Å². The van der Waals surface area contributed by atoms with E-state index in [4.69, 9.17) is 4.74 Å². The van der Waals surface area contributed by atoms with Crippen LogP contribution in [0.2, 0.25) is 0 Å². The molecule has 2 aromatic carbocycles. The molecule has 2 aromatic rings. The van der Waals surface area contributed by atoms with E-state index in [-0.39, 0.29) is 19.0 Å². The van der Waals surface area contributed by atoms with E-state index in [1.54, 1.807) is 36.4 Å². The Morgan fingerprint density at radius 2 is 1.63 bits per heavy atom. The minimum Gasteiger partial charge on any atom is -0.465 e. The lowest BCUT2D eigenvalue weighted by molar-refractivity contribution is -0.154. The van der Waals surface area contributed by atoms with E-state index in [1.807, 2.05) is 0 Å². The van der Waals surface area contributed by atoms with E-state index in [1.165, 1.54) is 19.2 Å². The molecule has 3 rings (SSSR count). The average Bonchev–Trinajstić information content (AvgIpc) is 3.27. The third kappa shape index (κ3) is 4.84. The summed E-state index contributed by atoms with van der Waals surface area (Å²) >= 11 is 0. The van der Waals surface area contributed by atoms with Crippen LogP contribution in [0, 0.1) is 5.82 Å². The predicted molar refractivity (Wildman–Crippen MR) is 107 cm³/mol. The molecule has 0 saturated heterocycles. The summed E-state index contributed by atoms with van der Waals surface area (Å²) in [5.74, 6) is -1.67. The Bertz CT molecular complexity index is 902. The molecule has 0 aromatic heterocycles. The topological polar surface area (TPSA) is 81.7 Å². The second-order valence-corrected chi connectivity index (χ2v) is 7.34. The molecule has 1 saturated carbocycles. The minimum absolute atomic E-state index is 0.237. The van der Waals surface area contributed by atoms with E-state index in [9.17, 15) is 18.8 Å². The van der Waals surface area contributed by atoms with Crippen molar-refractivity contribution >= 4 is 17.8 Å². The zero-order valence-electron chi connectivity index (χ0n) is 16.8. The first-order chi connectivity index (χ1) is 14.4. The van der Waals surface area contributed by atoms with Gasteiger partial charge in [-0.1, -0.05) is 37.1 Å². The number of esters is 2. The minimum atomic E-state index is -0.822. The SMILES string of the molecule is COC(=O)c1ccc(CNC(=O)COC(=O)C2(c3ccc(F)cc3)CCCC2)cc1. The summed E-state index contributed by atoms with van der Waals surface area (Å²) in [6, 6.07) is 12.5. The van der Waals surface area contributed by atoms with Crippen molar-refractivity contribution in [3.05, 3.63) is 71.0 Å². The fourth-order valence-electron chi connectivity index (χ4n) is 3.76. The maximum atomic E-state index is 13.3. The number of hydrogen-bond acceptors (Lipinski definition) is 5. The van der Waals surface area contributed by atoms with Gasteiger partial charge in [-0.25, -0.2) is 9.18 Å². The molecule has 1 aliphatic carbocycles. The largest absolute Gasteiger partial charge is 0.465 e. The first-order valence-corrected chi connectivity index (χ1v) is 9.82. The fourth-order valence-corrected chi connectivity index (χ4v) is 3.76. The van der Waals surface area contributed by atoms with Crippen molar-refractivity contribution in [3.8, 4) is 0 Å². The highest BCUT2D eigenvalue weighted by atomic mass is 19.1. The van der Waals surface area contributed by atoms with E-state index < -0.39 is 23.3 Å². The van der Waals surface area contributed by atoms with Crippen LogP contribution in [-0.2, 0) is 31.0 Å². The van der Waals surface area contributed by atoms with Gasteiger partial charge in [0.25, 0.3) is 5.91 Å². The van der Waals surface area contributed by atoms with Crippen molar-refractivity contribution in [1.82, 2.24) is 5.32 Å². The highest BCUT2D eigenvalue weighted by molar-refractivity contribution is 5.89. The number of benzene rings is 2. The third-order valence-electron chi connectivity index (χ3n) is 5.44. The molecule has 0 aliphatic heterocycles. The molecular formula is C23H24FNO5. The Morgan fingerprint density at radius 3 is 2.23 bits per heavy atom. The van der Waals surface area contributed by atoms with Crippen LogP contribution in [0.15, 0.2) is 48.5 Å². The molecule has 1 aliphatic rings. The highest BCUT2D eigenvalue weighted by Crippen LogP contribution is 2.42. The number of hydrogen-bond donors (Lipinski definition) is 1. The number of amides is 1. The summed E-state index contributed by atoms with van der Waals surface area (Å²) in [5.41, 5.74) is 1.11. The Hall–Kier alpha value is -3.22. The molecule has 0 radical (unpaired) electrons. The van der Waals surface area contributed by atoms with Gasteiger partial charge in [-0.2, -0.15) is 0 Å². The lowest BCUT2D eigenvalue weighted by Gasteiger charge is -2.27. The van der Waals surface area contributed by atoms with Crippen LogP contribution in [0.3, 0.4) is 0 Å². The van der Waals surface area contributed by atoms with Crippen molar-refractivity contribution in [1.29, 1.82) is 0 Å². The van der Waals surface area contributed by atoms with E-state index in [0.717, 1.165) is 24.0 Å². The quantitative estimate of drug-likeness (QED) is 0.705. The first-order valence-electron chi connectivity index (χ1n) is 9.82. The lowest BCUT2D eigenvalue weighted by Crippen LogP contribution is -2.37. The molecule has 1 amide bonds. The molecule has 158 valence electrons. The summed E-state index contributed by atoms with van der Waals surface area (Å²) in [7, 11) is 1.31. The van der Waals surface area contributed by atoms with E-state index >= 15 is 0 Å². The predicted octanol–water partition coefficient (Wildman–Crippen LogP) is 3.28. The summed E-state index contributed by atoms with van der Waals surface area (Å²) in [6.45, 7) is -0.150. The van der Waals surface area contributed by atoms with Gasteiger partial charge in [-0.05, 0) is 48.2 Å². The number of methoxy groups -OCH3 is 1. The lowest BCUT2D eigenvalue weighted by atomic mass is 9.79. The van der Waals surface area contributed by atoms with Gasteiger partial charge in [0.2, 0.25) is 0 Å². The van der Waals surface area contributed by atoms with Crippen LogP contribution < -0.4 is 5.32 Å². The molecular weight excluding hydrogens is 389 g/mol. The van der Waals surface area contributed by atoms with Crippen molar-refractivity contribution in [2.75, 3.05) is 13.7 Å². The second kappa shape index (κ2) is 9.52. The van der Waals surface area contributed by atoms with Gasteiger partial charge in [0.15, 0.2) is 6.61 Å². The monoisotopic (exact) mass is 413 g/mol. The maximum absolute atomic E-state index is 13.3. The standard InChI is InChI=1S/C23H24FNO5/c1-29-21(27)17-6-4-16(5-7-17)14-25-20(26)15-30-22(28)23(12-2-3-13-23)18-8-10-19(24)11-9-18/h4-11H,2-3,12-15H2,1H3,(H,25,26). The molecule has 1 N–H and O–H groups in total. The molecule has 7 heteroatoms. The van der Waals surface area contributed by atoms with Gasteiger partial charge < -0.3 is 14.8 Å². The average molecular weight is 413 g/mol. The Labute approximate surface area is 174 Å². The highest BCUT2D eigenvalue weighted by Gasteiger charge is 2.44. The van der Waals surface area contributed by atoms with Crippen LogP contribution in [0.25, 0.3) is 0 Å². The van der Waals surface area contributed by atoms with Crippen molar-refractivity contribution in [2.24, 2.45) is 0 Å². The summed E-state index contributed by atoms with van der Waals surface area (Å²) < 4.78 is 23.2. The Kier molecular flexibility index (Phi) is 6.82. The molecule has 0 unspecified atom stereocenters. The van der Waals surface area contributed by atoms with Gasteiger partial charge in [0.1, 0.15) is 5.82 Å². The summed E-state index contributed by atoms with van der Waals surface area (Å²) in [4.78, 5) is 36.4. The Balaban J connectivity index is 1.54. The van der Waals surface area contributed by atoms with Crippen LogP contribution in [0.1, 0.15) is 47.2 Å². The van der Waals surface area contributed by atoms with E-state index in [0.29, 0.717) is 18.4 Å². The molecule has 0 atom stereocenters. The zero-order chi connectivity index (χ0) is 21.6. The number of carbonyl (C=O) groups is 3. The number of ether oxygens (including phenoxy) is 2. The van der Waals surface area contributed by atoms with E-state index in [2.05, 4.69) is 10.1 Å². The van der Waals surface area contributed by atoms with Crippen molar-refractivity contribution in [3.63, 3.8) is 0 Å². The smallest absolute Gasteiger partial charge is 0.337 e. The van der Waals surface area contributed by atoms with Gasteiger partial charge in [0.05, 0.1) is 18.1 Å².